The molecule has 2 amide bonds. The molecule has 1 N–H and O–H groups in total. The van der Waals surface area contributed by atoms with Crippen LogP contribution >= 0.6 is 0 Å². The number of carbonyl (C=O) groups excluding carboxylic acids is 2. The third-order valence-electron chi connectivity index (χ3n) is 4.68. The Morgan fingerprint density at radius 1 is 1.11 bits per heavy atom. The summed E-state index contributed by atoms with van der Waals surface area (Å²) < 4.78 is 12.9. The molecule has 0 unspecified atom stereocenters. The molecule has 1 saturated heterocycles. The van der Waals surface area contributed by atoms with Crippen LogP contribution in [0, 0.1) is 11.7 Å². The van der Waals surface area contributed by atoms with E-state index in [0.29, 0.717) is 32.5 Å². The van der Waals surface area contributed by atoms with Crippen LogP contribution in [0.15, 0.2) is 54.9 Å². The molecule has 1 aromatic carbocycles. The second-order valence-electron chi connectivity index (χ2n) is 6.56. The number of aromatic nitrogens is 1. The van der Waals surface area contributed by atoms with E-state index >= 15 is 0 Å². The number of benzene rings is 1. The van der Waals surface area contributed by atoms with Gasteiger partial charge in [0.1, 0.15) is 5.82 Å². The highest BCUT2D eigenvalue weighted by Gasteiger charge is 2.26. The fourth-order valence-corrected chi connectivity index (χ4v) is 3.05. The Bertz CT molecular complexity index is 798. The van der Waals surface area contributed by atoms with E-state index in [2.05, 4.69) is 10.3 Å². The van der Waals surface area contributed by atoms with Crippen molar-refractivity contribution < 1.29 is 14.0 Å². The number of nitrogens with one attached hydrogen (secondary N) is 1. The van der Waals surface area contributed by atoms with Crippen molar-refractivity contribution in [3.8, 4) is 0 Å². The van der Waals surface area contributed by atoms with Gasteiger partial charge in [-0.25, -0.2) is 4.39 Å². The molecule has 1 fully saturated rings. The smallest absolute Gasteiger partial charge is 0.246 e. The molecule has 0 aliphatic carbocycles. The molecule has 5 nitrogen and oxygen atoms in total. The van der Waals surface area contributed by atoms with Gasteiger partial charge in [-0.2, -0.15) is 0 Å². The molecular formula is C21H22FN3O2. The number of pyridine rings is 1. The van der Waals surface area contributed by atoms with Gasteiger partial charge in [-0.05, 0) is 54.3 Å². The molecule has 6 heteroatoms. The lowest BCUT2D eigenvalue weighted by Gasteiger charge is -2.30. The first-order chi connectivity index (χ1) is 13.1. The second-order valence-corrected chi connectivity index (χ2v) is 6.56. The summed E-state index contributed by atoms with van der Waals surface area (Å²) in [6.45, 7) is 1.51. The van der Waals surface area contributed by atoms with E-state index in [1.54, 1.807) is 41.6 Å². The average Bonchev–Trinajstić information content (AvgIpc) is 2.72. The lowest BCUT2D eigenvalue weighted by atomic mass is 9.95. The Balaban J connectivity index is 1.43. The number of piperidine rings is 1. The van der Waals surface area contributed by atoms with Gasteiger partial charge in [-0.3, -0.25) is 14.6 Å². The highest BCUT2D eigenvalue weighted by atomic mass is 19.1. The Labute approximate surface area is 157 Å². The normalized spacial score (nSPS) is 15.1. The second kappa shape index (κ2) is 9.07. The first-order valence-corrected chi connectivity index (χ1v) is 9.01. The highest BCUT2D eigenvalue weighted by molar-refractivity contribution is 5.92. The van der Waals surface area contributed by atoms with E-state index in [4.69, 9.17) is 0 Å². The minimum Gasteiger partial charge on any atom is -0.352 e. The zero-order valence-corrected chi connectivity index (χ0v) is 15.0. The Morgan fingerprint density at radius 3 is 2.44 bits per heavy atom. The van der Waals surface area contributed by atoms with Crippen molar-refractivity contribution in [1.29, 1.82) is 0 Å². The van der Waals surface area contributed by atoms with E-state index in [0.717, 1.165) is 11.1 Å². The number of likely N-dealkylation sites (tertiary alicyclic amines) is 1. The van der Waals surface area contributed by atoms with Crippen molar-refractivity contribution in [3.05, 3.63) is 71.8 Å². The van der Waals surface area contributed by atoms with Crippen molar-refractivity contribution in [2.75, 3.05) is 13.1 Å². The number of hydrogen-bond donors (Lipinski definition) is 1. The molecule has 0 bridgehead atoms. The summed E-state index contributed by atoms with van der Waals surface area (Å²) in [5.41, 5.74) is 1.78. The molecule has 0 spiro atoms. The number of halogens is 1. The third kappa shape index (κ3) is 5.48. The molecule has 1 aliphatic rings. The number of rotatable bonds is 5. The lowest BCUT2D eigenvalue weighted by Crippen LogP contribution is -2.42. The summed E-state index contributed by atoms with van der Waals surface area (Å²) in [4.78, 5) is 30.3. The Kier molecular flexibility index (Phi) is 6.30. The van der Waals surface area contributed by atoms with Crippen LogP contribution in [0.25, 0.3) is 6.08 Å². The van der Waals surface area contributed by atoms with E-state index in [1.165, 1.54) is 12.1 Å². The molecular weight excluding hydrogens is 345 g/mol. The third-order valence-corrected chi connectivity index (χ3v) is 4.68. The van der Waals surface area contributed by atoms with Crippen molar-refractivity contribution in [3.63, 3.8) is 0 Å². The largest absolute Gasteiger partial charge is 0.352 e. The minimum atomic E-state index is -0.292. The van der Waals surface area contributed by atoms with Crippen LogP contribution in [-0.4, -0.2) is 34.8 Å². The average molecular weight is 367 g/mol. The van der Waals surface area contributed by atoms with Crippen LogP contribution in [-0.2, 0) is 16.1 Å². The quantitative estimate of drug-likeness (QED) is 0.827. The van der Waals surface area contributed by atoms with Gasteiger partial charge in [0.25, 0.3) is 0 Å². The van der Waals surface area contributed by atoms with Crippen LogP contribution < -0.4 is 5.32 Å². The summed E-state index contributed by atoms with van der Waals surface area (Å²) in [7, 11) is 0. The van der Waals surface area contributed by atoms with Gasteiger partial charge in [-0.15, -0.1) is 0 Å². The fraction of sp³-hybridized carbons (Fsp3) is 0.286. The molecule has 1 aliphatic heterocycles. The molecule has 2 heterocycles. The molecule has 27 heavy (non-hydrogen) atoms. The molecule has 0 radical (unpaired) electrons. The van der Waals surface area contributed by atoms with E-state index < -0.39 is 0 Å². The van der Waals surface area contributed by atoms with Crippen molar-refractivity contribution in [2.45, 2.75) is 19.4 Å². The SMILES string of the molecule is O=C(NCc1ccc(F)cc1)C1CCN(C(=O)/C=C/c2ccncc2)CC1. The summed E-state index contributed by atoms with van der Waals surface area (Å²) in [6, 6.07) is 9.75. The van der Waals surface area contributed by atoms with Crippen molar-refractivity contribution >= 4 is 17.9 Å². The van der Waals surface area contributed by atoms with Crippen molar-refractivity contribution in [2.24, 2.45) is 5.92 Å². The number of carbonyl (C=O) groups is 2. The van der Waals surface area contributed by atoms with E-state index in [1.807, 2.05) is 12.1 Å². The maximum absolute atomic E-state index is 12.9. The van der Waals surface area contributed by atoms with Crippen LogP contribution in [0.4, 0.5) is 4.39 Å². The summed E-state index contributed by atoms with van der Waals surface area (Å²) in [6.07, 6.45) is 7.98. The minimum absolute atomic E-state index is 0.0150. The molecule has 1 aromatic heterocycles. The Hall–Kier alpha value is -3.02. The summed E-state index contributed by atoms with van der Waals surface area (Å²) >= 11 is 0. The maximum Gasteiger partial charge on any atom is 0.246 e. The number of hydrogen-bond acceptors (Lipinski definition) is 3. The van der Waals surface area contributed by atoms with Crippen molar-refractivity contribution in [1.82, 2.24) is 15.2 Å². The van der Waals surface area contributed by atoms with Crippen LogP contribution in [0.3, 0.4) is 0 Å². The zero-order valence-electron chi connectivity index (χ0n) is 15.0. The maximum atomic E-state index is 12.9. The highest BCUT2D eigenvalue weighted by Crippen LogP contribution is 2.18. The van der Waals surface area contributed by atoms with E-state index in [9.17, 15) is 14.0 Å². The molecule has 3 rings (SSSR count). The van der Waals surface area contributed by atoms with Gasteiger partial charge in [0, 0.05) is 44.0 Å². The van der Waals surface area contributed by atoms with E-state index in [-0.39, 0.29) is 23.5 Å². The number of amides is 2. The number of nitrogens with zero attached hydrogens (tertiary/aromatic N) is 2. The van der Waals surface area contributed by atoms with Crippen LogP contribution in [0.5, 0.6) is 0 Å². The summed E-state index contributed by atoms with van der Waals surface area (Å²) in [5, 5.41) is 2.89. The summed E-state index contributed by atoms with van der Waals surface area (Å²) in [5.74, 6) is -0.450. The van der Waals surface area contributed by atoms with Gasteiger partial charge in [-0.1, -0.05) is 12.1 Å². The standard InChI is InChI=1S/C21H22FN3O2/c22-19-4-1-17(2-5-19)15-24-21(27)18-9-13-25(14-10-18)20(26)6-3-16-7-11-23-12-8-16/h1-8,11-12,18H,9-10,13-15H2,(H,24,27)/b6-3+. The first-order valence-electron chi connectivity index (χ1n) is 9.01. The topological polar surface area (TPSA) is 62.3 Å². The lowest BCUT2D eigenvalue weighted by molar-refractivity contribution is -0.132. The van der Waals surface area contributed by atoms with Gasteiger partial charge in [0.15, 0.2) is 0 Å². The molecule has 0 atom stereocenters. The van der Waals surface area contributed by atoms with Gasteiger partial charge < -0.3 is 10.2 Å². The van der Waals surface area contributed by atoms with Gasteiger partial charge >= 0.3 is 0 Å². The molecule has 140 valence electrons. The zero-order chi connectivity index (χ0) is 19.1. The molecule has 2 aromatic rings. The van der Waals surface area contributed by atoms with Gasteiger partial charge in [0.05, 0.1) is 0 Å². The first kappa shape index (κ1) is 18.8. The molecule has 0 saturated carbocycles. The monoisotopic (exact) mass is 367 g/mol. The van der Waals surface area contributed by atoms with Crippen LogP contribution in [0.2, 0.25) is 0 Å². The van der Waals surface area contributed by atoms with Crippen LogP contribution in [0.1, 0.15) is 24.0 Å². The predicted molar refractivity (Wildman–Crippen MR) is 101 cm³/mol. The fourth-order valence-electron chi connectivity index (χ4n) is 3.05. The van der Waals surface area contributed by atoms with Gasteiger partial charge in [0.2, 0.25) is 11.8 Å². The Morgan fingerprint density at radius 2 is 1.78 bits per heavy atom. The predicted octanol–water partition coefficient (Wildman–Crippen LogP) is 2.79.